The van der Waals surface area contributed by atoms with Crippen molar-refractivity contribution < 1.29 is 0 Å². The molecule has 7 heteroatoms. The van der Waals surface area contributed by atoms with Crippen LogP contribution in [-0.4, -0.2) is 30.4 Å². The van der Waals surface area contributed by atoms with Crippen LogP contribution in [0.3, 0.4) is 0 Å². The number of fused-ring (bicyclic) bond motifs is 1. The summed E-state index contributed by atoms with van der Waals surface area (Å²) >= 11 is 0. The summed E-state index contributed by atoms with van der Waals surface area (Å²) in [6.07, 6.45) is 10.1. The van der Waals surface area contributed by atoms with Gasteiger partial charge in [-0.05, 0) is 57.6 Å². The Bertz CT molecular complexity index is 1030. The summed E-state index contributed by atoms with van der Waals surface area (Å²) in [7, 11) is 0. The molecule has 2 aliphatic carbocycles. The molecule has 0 radical (unpaired) electrons. The van der Waals surface area contributed by atoms with E-state index in [4.69, 9.17) is 0 Å². The molecule has 3 heterocycles. The molecule has 1 N–H and O–H groups in total. The van der Waals surface area contributed by atoms with Crippen molar-refractivity contribution in [3.63, 3.8) is 0 Å². The smallest absolute Gasteiger partial charge is 0.267 e. The zero-order chi connectivity index (χ0) is 18.4. The molecule has 0 unspecified atom stereocenters. The minimum absolute atomic E-state index is 0.00434. The van der Waals surface area contributed by atoms with E-state index in [1.165, 1.54) is 18.5 Å². The molecule has 3 aromatic rings. The second kappa shape index (κ2) is 6.48. The molecule has 0 amide bonds. The molecule has 0 atom stereocenters. The second-order valence-electron chi connectivity index (χ2n) is 7.86. The van der Waals surface area contributed by atoms with Crippen LogP contribution in [0.5, 0.6) is 0 Å². The van der Waals surface area contributed by atoms with Gasteiger partial charge in [0.15, 0.2) is 5.82 Å². The Kier molecular flexibility index (Phi) is 3.95. The van der Waals surface area contributed by atoms with Crippen molar-refractivity contribution in [3.05, 3.63) is 52.3 Å². The number of anilines is 1. The van der Waals surface area contributed by atoms with Gasteiger partial charge in [0.2, 0.25) is 0 Å². The van der Waals surface area contributed by atoms with E-state index in [0.717, 1.165) is 42.7 Å². The van der Waals surface area contributed by atoms with Gasteiger partial charge in [0.05, 0.1) is 17.4 Å². The Balaban J connectivity index is 1.30. The summed E-state index contributed by atoms with van der Waals surface area (Å²) in [6, 6.07) is 6.12. The number of aromatic nitrogens is 5. The third kappa shape index (κ3) is 3.22. The summed E-state index contributed by atoms with van der Waals surface area (Å²) in [5, 5.41) is 12.7. The van der Waals surface area contributed by atoms with Crippen LogP contribution in [0.25, 0.3) is 5.52 Å². The van der Waals surface area contributed by atoms with Crippen molar-refractivity contribution in [2.45, 2.75) is 63.5 Å². The van der Waals surface area contributed by atoms with E-state index in [2.05, 4.69) is 26.6 Å². The second-order valence-corrected chi connectivity index (χ2v) is 7.86. The highest BCUT2D eigenvalue weighted by Gasteiger charge is 2.28. The summed E-state index contributed by atoms with van der Waals surface area (Å²) in [5.74, 6) is 1.54. The normalized spacial score (nSPS) is 22.9. The Morgan fingerprint density at radius 1 is 1.07 bits per heavy atom. The number of nitrogens with one attached hydrogen (secondary N) is 1. The molecule has 0 aliphatic heterocycles. The van der Waals surface area contributed by atoms with Crippen molar-refractivity contribution in [2.24, 2.45) is 0 Å². The summed E-state index contributed by atoms with van der Waals surface area (Å²) in [6.45, 7) is 1.93. The Morgan fingerprint density at radius 2 is 1.89 bits per heavy atom. The van der Waals surface area contributed by atoms with Crippen LogP contribution in [0, 0.1) is 6.92 Å². The molecule has 0 spiro atoms. The molecule has 140 valence electrons. The first-order chi connectivity index (χ1) is 13.2. The third-order valence-electron chi connectivity index (χ3n) is 5.75. The third-order valence-corrected chi connectivity index (χ3v) is 5.75. The van der Waals surface area contributed by atoms with E-state index in [-0.39, 0.29) is 11.6 Å². The first-order valence-corrected chi connectivity index (χ1v) is 9.84. The lowest BCUT2D eigenvalue weighted by Gasteiger charge is -2.30. The van der Waals surface area contributed by atoms with Gasteiger partial charge < -0.3 is 5.32 Å². The number of hydrogen-bond donors (Lipinski definition) is 1. The summed E-state index contributed by atoms with van der Waals surface area (Å²) in [5.41, 5.74) is 3.12. The van der Waals surface area contributed by atoms with Crippen LogP contribution in [0.2, 0.25) is 0 Å². The van der Waals surface area contributed by atoms with Crippen LogP contribution >= 0.6 is 0 Å². The van der Waals surface area contributed by atoms with E-state index in [9.17, 15) is 4.79 Å². The quantitative estimate of drug-likeness (QED) is 0.770. The molecule has 2 aliphatic rings. The maximum atomic E-state index is 12.1. The van der Waals surface area contributed by atoms with Crippen LogP contribution in [0.15, 0.2) is 35.4 Å². The Hall–Kier alpha value is -2.70. The molecule has 7 nitrogen and oxygen atoms in total. The Morgan fingerprint density at radius 3 is 2.67 bits per heavy atom. The molecule has 27 heavy (non-hydrogen) atoms. The van der Waals surface area contributed by atoms with Gasteiger partial charge in [-0.2, -0.15) is 10.2 Å². The van der Waals surface area contributed by atoms with Crippen LogP contribution < -0.4 is 10.9 Å². The van der Waals surface area contributed by atoms with Gasteiger partial charge in [-0.25, -0.2) is 14.2 Å². The highest BCUT2D eigenvalue weighted by atomic mass is 16.1. The van der Waals surface area contributed by atoms with Gasteiger partial charge in [0.25, 0.3) is 5.56 Å². The topological polar surface area (TPSA) is 77.1 Å². The van der Waals surface area contributed by atoms with Gasteiger partial charge >= 0.3 is 0 Å². The average Bonchev–Trinajstić information content (AvgIpc) is 3.43. The van der Waals surface area contributed by atoms with Gasteiger partial charge in [0.1, 0.15) is 5.52 Å². The fraction of sp³-hybridized carbons (Fsp3) is 0.500. The van der Waals surface area contributed by atoms with Crippen LogP contribution in [0.1, 0.15) is 61.9 Å². The van der Waals surface area contributed by atoms with Gasteiger partial charge in [-0.3, -0.25) is 4.79 Å². The molecule has 0 aromatic carbocycles. The zero-order valence-corrected chi connectivity index (χ0v) is 15.5. The maximum absolute atomic E-state index is 12.1. The zero-order valence-electron chi connectivity index (χ0n) is 15.5. The standard InChI is InChI=1S/C20H24N6O/c1-13-2-9-19(27)26(23-13)16-7-5-15(6-8-16)22-20-18-12-17(14-3-4-14)24-25(18)11-10-21-20/h2,9-12,14-16H,3-8H2,1H3,(H,21,22). The molecular weight excluding hydrogens is 340 g/mol. The summed E-state index contributed by atoms with van der Waals surface area (Å²) < 4.78 is 3.61. The van der Waals surface area contributed by atoms with Crippen molar-refractivity contribution >= 4 is 11.3 Å². The fourth-order valence-corrected chi connectivity index (χ4v) is 4.07. The predicted octanol–water partition coefficient (Wildman–Crippen LogP) is 3.07. The first kappa shape index (κ1) is 16.5. The SMILES string of the molecule is Cc1ccc(=O)n(C2CCC(Nc3nccn4nc(C5CC5)cc34)CC2)n1. The molecule has 5 rings (SSSR count). The molecule has 0 saturated heterocycles. The number of aryl methyl sites for hydroxylation is 1. The summed E-state index contributed by atoms with van der Waals surface area (Å²) in [4.78, 5) is 16.7. The lowest BCUT2D eigenvalue weighted by atomic mass is 9.91. The average molecular weight is 364 g/mol. The van der Waals surface area contributed by atoms with Gasteiger partial charge in [0, 0.05) is 30.4 Å². The highest BCUT2D eigenvalue weighted by molar-refractivity contribution is 5.68. The maximum Gasteiger partial charge on any atom is 0.267 e. The van der Waals surface area contributed by atoms with Crippen molar-refractivity contribution in [1.82, 2.24) is 24.4 Å². The highest BCUT2D eigenvalue weighted by Crippen LogP contribution is 2.40. The molecule has 2 saturated carbocycles. The van der Waals surface area contributed by atoms with Crippen molar-refractivity contribution in [3.8, 4) is 0 Å². The molecule has 2 fully saturated rings. The van der Waals surface area contributed by atoms with E-state index >= 15 is 0 Å². The molecule has 3 aromatic heterocycles. The first-order valence-electron chi connectivity index (χ1n) is 9.84. The van der Waals surface area contributed by atoms with E-state index in [1.54, 1.807) is 23.0 Å². The number of hydrogen-bond acceptors (Lipinski definition) is 5. The van der Waals surface area contributed by atoms with Gasteiger partial charge in [-0.15, -0.1) is 0 Å². The van der Waals surface area contributed by atoms with E-state index < -0.39 is 0 Å². The van der Waals surface area contributed by atoms with Gasteiger partial charge in [-0.1, -0.05) is 0 Å². The van der Waals surface area contributed by atoms with E-state index in [0.29, 0.717) is 12.0 Å². The Labute approximate surface area is 157 Å². The largest absolute Gasteiger partial charge is 0.366 e. The predicted molar refractivity (Wildman–Crippen MR) is 103 cm³/mol. The minimum Gasteiger partial charge on any atom is -0.366 e. The lowest BCUT2D eigenvalue weighted by Crippen LogP contribution is -2.33. The molecular formula is C20H24N6O. The molecule has 0 bridgehead atoms. The van der Waals surface area contributed by atoms with Crippen LogP contribution in [0.4, 0.5) is 5.82 Å². The minimum atomic E-state index is -0.00434. The number of nitrogens with zero attached hydrogens (tertiary/aromatic N) is 5. The van der Waals surface area contributed by atoms with Crippen molar-refractivity contribution in [1.29, 1.82) is 0 Å². The monoisotopic (exact) mass is 364 g/mol. The fourth-order valence-electron chi connectivity index (χ4n) is 4.07. The lowest BCUT2D eigenvalue weighted by molar-refractivity contribution is 0.302. The van der Waals surface area contributed by atoms with Crippen molar-refractivity contribution in [2.75, 3.05) is 5.32 Å². The number of rotatable bonds is 4. The van der Waals surface area contributed by atoms with Crippen LogP contribution in [-0.2, 0) is 0 Å². The van der Waals surface area contributed by atoms with E-state index in [1.807, 2.05) is 17.6 Å².